The number of morpholine rings is 1. The second kappa shape index (κ2) is 6.40. The minimum atomic E-state index is -0.640. The summed E-state index contributed by atoms with van der Waals surface area (Å²) >= 11 is 0. The van der Waals surface area contributed by atoms with Crippen LogP contribution in [0.3, 0.4) is 0 Å². The Morgan fingerprint density at radius 3 is 2.95 bits per heavy atom. The summed E-state index contributed by atoms with van der Waals surface area (Å²) in [5.41, 5.74) is 11.7. The number of ether oxygens (including phenoxy) is 1. The van der Waals surface area contributed by atoms with Crippen LogP contribution in [0.25, 0.3) is 0 Å². The Bertz CT molecular complexity index is 549. The van der Waals surface area contributed by atoms with E-state index in [1.54, 1.807) is 11.0 Å². The molecule has 1 aromatic heterocycles. The Morgan fingerprint density at radius 2 is 2.29 bits per heavy atom. The van der Waals surface area contributed by atoms with Crippen molar-refractivity contribution in [3.8, 4) is 0 Å². The van der Waals surface area contributed by atoms with Crippen molar-refractivity contribution in [1.82, 2.24) is 10.3 Å². The first-order valence-electron chi connectivity index (χ1n) is 6.73. The Balaban J connectivity index is 2.34. The van der Waals surface area contributed by atoms with E-state index >= 15 is 0 Å². The molecular weight excluding hydrogens is 274 g/mol. The van der Waals surface area contributed by atoms with Crippen molar-refractivity contribution < 1.29 is 14.3 Å². The fraction of sp³-hybridized carbons (Fsp3) is 0.462. The molecule has 1 aliphatic heterocycles. The van der Waals surface area contributed by atoms with Crippen LogP contribution in [0.2, 0.25) is 0 Å². The van der Waals surface area contributed by atoms with E-state index in [0.717, 1.165) is 0 Å². The summed E-state index contributed by atoms with van der Waals surface area (Å²) < 4.78 is 5.36. The van der Waals surface area contributed by atoms with Crippen LogP contribution in [0.5, 0.6) is 0 Å². The third kappa shape index (κ3) is 3.22. The molecule has 21 heavy (non-hydrogen) atoms. The van der Waals surface area contributed by atoms with Gasteiger partial charge in [-0.15, -0.1) is 0 Å². The first kappa shape index (κ1) is 15.0. The Kier molecular flexibility index (Phi) is 4.59. The minimum Gasteiger partial charge on any atom is -0.396 e. The van der Waals surface area contributed by atoms with E-state index in [1.807, 2.05) is 6.92 Å². The molecular formula is C13H19N5O3. The van der Waals surface area contributed by atoms with Gasteiger partial charge in [0.25, 0.3) is 5.91 Å². The molecule has 0 aliphatic carbocycles. The lowest BCUT2D eigenvalue weighted by Gasteiger charge is -2.36. The fourth-order valence-corrected chi connectivity index (χ4v) is 2.19. The Hall–Kier alpha value is -2.35. The summed E-state index contributed by atoms with van der Waals surface area (Å²) in [5, 5.41) is 2.75. The van der Waals surface area contributed by atoms with Gasteiger partial charge < -0.3 is 26.4 Å². The average Bonchev–Trinajstić information content (AvgIpc) is 2.47. The molecule has 1 aliphatic rings. The van der Waals surface area contributed by atoms with E-state index in [2.05, 4.69) is 10.3 Å². The van der Waals surface area contributed by atoms with Crippen LogP contribution in [0.4, 0.5) is 11.5 Å². The maximum absolute atomic E-state index is 12.1. The van der Waals surface area contributed by atoms with Gasteiger partial charge in [0.1, 0.15) is 11.7 Å². The quantitative estimate of drug-likeness (QED) is 0.661. The number of nitrogen functional groups attached to an aromatic ring is 1. The van der Waals surface area contributed by atoms with E-state index in [9.17, 15) is 9.59 Å². The van der Waals surface area contributed by atoms with E-state index < -0.39 is 11.9 Å². The maximum atomic E-state index is 12.1. The molecule has 5 N–H and O–H groups in total. The number of pyridine rings is 1. The zero-order chi connectivity index (χ0) is 15.4. The van der Waals surface area contributed by atoms with E-state index in [0.29, 0.717) is 31.2 Å². The molecule has 0 aromatic carbocycles. The number of carbonyl (C=O) groups is 2. The van der Waals surface area contributed by atoms with Gasteiger partial charge in [-0.3, -0.25) is 9.59 Å². The highest BCUT2D eigenvalue weighted by molar-refractivity contribution is 5.92. The molecule has 2 heterocycles. The number of rotatable bonds is 4. The van der Waals surface area contributed by atoms with Gasteiger partial charge in [-0.05, 0) is 19.1 Å². The minimum absolute atomic E-state index is 0.111. The van der Waals surface area contributed by atoms with Crippen LogP contribution in [-0.2, 0) is 9.53 Å². The van der Waals surface area contributed by atoms with Crippen molar-refractivity contribution >= 4 is 23.3 Å². The summed E-state index contributed by atoms with van der Waals surface area (Å²) in [4.78, 5) is 29.3. The number of anilines is 2. The van der Waals surface area contributed by atoms with Gasteiger partial charge in [-0.25, -0.2) is 4.98 Å². The SMILES string of the molecule is CCNC(=O)C1COCCN1c1nc(C(N)=O)ccc1N. The number of nitrogens with two attached hydrogens (primary N) is 2. The number of carbonyl (C=O) groups excluding carboxylic acids is 2. The molecule has 1 saturated heterocycles. The third-order valence-corrected chi connectivity index (χ3v) is 3.21. The lowest BCUT2D eigenvalue weighted by Crippen LogP contribution is -2.54. The number of hydrogen-bond acceptors (Lipinski definition) is 6. The number of nitrogens with zero attached hydrogens (tertiary/aromatic N) is 2. The molecule has 8 heteroatoms. The number of aromatic nitrogens is 1. The zero-order valence-corrected chi connectivity index (χ0v) is 11.8. The molecule has 1 unspecified atom stereocenters. The molecule has 1 atom stereocenters. The summed E-state index contributed by atoms with van der Waals surface area (Å²) in [6, 6.07) is 2.49. The number of nitrogens with one attached hydrogen (secondary N) is 1. The fourth-order valence-electron chi connectivity index (χ4n) is 2.19. The summed E-state index contributed by atoms with van der Waals surface area (Å²) in [6.45, 7) is 3.52. The molecule has 1 aromatic rings. The van der Waals surface area contributed by atoms with Crippen molar-refractivity contribution in [3.63, 3.8) is 0 Å². The van der Waals surface area contributed by atoms with Crippen LogP contribution in [0.1, 0.15) is 17.4 Å². The lowest BCUT2D eigenvalue weighted by molar-refractivity contribution is -0.124. The normalized spacial score (nSPS) is 18.3. The molecule has 8 nitrogen and oxygen atoms in total. The van der Waals surface area contributed by atoms with Gasteiger partial charge in [0.2, 0.25) is 5.91 Å². The largest absolute Gasteiger partial charge is 0.396 e. The van der Waals surface area contributed by atoms with Crippen molar-refractivity contribution in [2.45, 2.75) is 13.0 Å². The lowest BCUT2D eigenvalue weighted by atomic mass is 10.2. The van der Waals surface area contributed by atoms with E-state index in [-0.39, 0.29) is 18.2 Å². The topological polar surface area (TPSA) is 124 Å². The number of hydrogen-bond donors (Lipinski definition) is 3. The highest BCUT2D eigenvalue weighted by atomic mass is 16.5. The molecule has 2 rings (SSSR count). The zero-order valence-electron chi connectivity index (χ0n) is 11.8. The average molecular weight is 293 g/mol. The van der Waals surface area contributed by atoms with Gasteiger partial charge in [0.15, 0.2) is 5.82 Å². The molecule has 0 radical (unpaired) electrons. The van der Waals surface area contributed by atoms with E-state index in [4.69, 9.17) is 16.2 Å². The summed E-state index contributed by atoms with van der Waals surface area (Å²) in [6.07, 6.45) is 0. The van der Waals surface area contributed by atoms with Crippen molar-refractivity contribution in [3.05, 3.63) is 17.8 Å². The monoisotopic (exact) mass is 293 g/mol. The van der Waals surface area contributed by atoms with Crippen LogP contribution < -0.4 is 21.7 Å². The van der Waals surface area contributed by atoms with Crippen molar-refractivity contribution in [2.24, 2.45) is 5.73 Å². The smallest absolute Gasteiger partial charge is 0.267 e. The molecule has 0 bridgehead atoms. The molecule has 0 spiro atoms. The summed E-state index contributed by atoms with van der Waals surface area (Å²) in [5.74, 6) is -0.423. The molecule has 0 saturated carbocycles. The van der Waals surface area contributed by atoms with Gasteiger partial charge >= 0.3 is 0 Å². The predicted octanol–water partition coefficient (Wildman–Crippen LogP) is -0.896. The van der Waals surface area contributed by atoms with Crippen LogP contribution in [0, 0.1) is 0 Å². The Labute approximate surface area is 122 Å². The predicted molar refractivity (Wildman–Crippen MR) is 77.8 cm³/mol. The first-order valence-corrected chi connectivity index (χ1v) is 6.73. The number of likely N-dealkylation sites (N-methyl/N-ethyl adjacent to an activating group) is 1. The number of primary amides is 1. The van der Waals surface area contributed by atoms with Crippen LogP contribution in [-0.4, -0.2) is 49.1 Å². The second-order valence-corrected chi connectivity index (χ2v) is 4.65. The summed E-state index contributed by atoms with van der Waals surface area (Å²) in [7, 11) is 0. The van der Waals surface area contributed by atoms with Crippen LogP contribution >= 0.6 is 0 Å². The van der Waals surface area contributed by atoms with Gasteiger partial charge in [0, 0.05) is 13.1 Å². The highest BCUT2D eigenvalue weighted by Crippen LogP contribution is 2.24. The van der Waals surface area contributed by atoms with Gasteiger partial charge in [-0.1, -0.05) is 0 Å². The molecule has 114 valence electrons. The second-order valence-electron chi connectivity index (χ2n) is 4.65. The van der Waals surface area contributed by atoms with Crippen molar-refractivity contribution in [2.75, 3.05) is 36.9 Å². The van der Waals surface area contributed by atoms with Gasteiger partial charge in [-0.2, -0.15) is 0 Å². The van der Waals surface area contributed by atoms with Gasteiger partial charge in [0.05, 0.1) is 18.9 Å². The third-order valence-electron chi connectivity index (χ3n) is 3.21. The molecule has 2 amide bonds. The Morgan fingerprint density at radius 1 is 1.52 bits per heavy atom. The van der Waals surface area contributed by atoms with Crippen molar-refractivity contribution in [1.29, 1.82) is 0 Å². The highest BCUT2D eigenvalue weighted by Gasteiger charge is 2.31. The standard InChI is InChI=1S/C13H19N5O3/c1-2-16-13(20)10-7-21-6-5-18(10)12-8(14)3-4-9(17-12)11(15)19/h3-4,10H,2,5-7,14H2,1H3,(H2,15,19)(H,16,20). The maximum Gasteiger partial charge on any atom is 0.267 e. The first-order chi connectivity index (χ1) is 10.0. The van der Waals surface area contributed by atoms with E-state index in [1.165, 1.54) is 6.07 Å². The van der Waals surface area contributed by atoms with Crippen LogP contribution in [0.15, 0.2) is 12.1 Å². The number of amides is 2. The molecule has 1 fully saturated rings.